The second-order valence-corrected chi connectivity index (χ2v) is 9.94. The number of allylic oxidation sites excluding steroid dienone is 1. The highest BCUT2D eigenvalue weighted by Gasteiger charge is 2.27. The zero-order valence-electron chi connectivity index (χ0n) is 18.8. The van der Waals surface area contributed by atoms with Gasteiger partial charge in [0.25, 0.3) is 0 Å². The number of halogens is 2. The molecule has 0 saturated heterocycles. The van der Waals surface area contributed by atoms with E-state index in [1.165, 1.54) is 12.4 Å². The van der Waals surface area contributed by atoms with Crippen molar-refractivity contribution in [2.24, 2.45) is 0 Å². The van der Waals surface area contributed by atoms with Crippen LogP contribution < -0.4 is 10.2 Å². The Balaban J connectivity index is 1.67. The van der Waals surface area contributed by atoms with Crippen molar-refractivity contribution >= 4 is 38.3 Å². The standard InChI is InChI=1S/C23H22F2N4O5S/c1-3-6-35(32,33)29-17-5-4-16(24)20(21(17)25)22(31)15-11-27-23-14(15)8-13(10-26-23)9-19(30)18-7-12(2)34-28-18/h4-5,7-8,10-11,18,28-29H,3,6,9H2,1-2H3,(H,26,27). The van der Waals surface area contributed by atoms with E-state index in [4.69, 9.17) is 4.84 Å². The number of benzene rings is 1. The van der Waals surface area contributed by atoms with Gasteiger partial charge in [0.1, 0.15) is 23.3 Å². The maximum Gasteiger partial charge on any atom is 0.232 e. The molecule has 1 aromatic carbocycles. The molecule has 4 rings (SSSR count). The smallest absolute Gasteiger partial charge is 0.232 e. The molecule has 0 aliphatic carbocycles. The minimum Gasteiger partial charge on any atom is -0.413 e. The minimum atomic E-state index is -3.87. The summed E-state index contributed by atoms with van der Waals surface area (Å²) in [5.41, 5.74) is 1.85. The van der Waals surface area contributed by atoms with Crippen molar-refractivity contribution in [3.05, 3.63) is 70.8 Å². The molecule has 12 heteroatoms. The van der Waals surface area contributed by atoms with Gasteiger partial charge in [-0.25, -0.2) is 22.2 Å². The number of hydroxylamine groups is 1. The van der Waals surface area contributed by atoms with Crippen molar-refractivity contribution in [3.63, 3.8) is 0 Å². The van der Waals surface area contributed by atoms with Crippen molar-refractivity contribution in [1.29, 1.82) is 0 Å². The topological polar surface area (TPSA) is 130 Å². The Labute approximate surface area is 199 Å². The average Bonchev–Trinajstić information content (AvgIpc) is 3.41. The van der Waals surface area contributed by atoms with E-state index in [0.717, 1.165) is 12.1 Å². The first-order valence-electron chi connectivity index (χ1n) is 10.7. The van der Waals surface area contributed by atoms with E-state index in [1.807, 2.05) is 0 Å². The highest BCUT2D eigenvalue weighted by Crippen LogP contribution is 2.28. The van der Waals surface area contributed by atoms with Gasteiger partial charge in [-0.2, -0.15) is 0 Å². The van der Waals surface area contributed by atoms with Crippen molar-refractivity contribution < 1.29 is 31.6 Å². The number of hydrogen-bond acceptors (Lipinski definition) is 7. The fourth-order valence-corrected chi connectivity index (χ4v) is 4.85. The van der Waals surface area contributed by atoms with Gasteiger partial charge in [0.2, 0.25) is 15.8 Å². The molecule has 9 nitrogen and oxygen atoms in total. The minimum absolute atomic E-state index is 0.0238. The molecular weight excluding hydrogens is 482 g/mol. The normalized spacial score (nSPS) is 15.7. The van der Waals surface area contributed by atoms with Crippen molar-refractivity contribution in [1.82, 2.24) is 15.4 Å². The first-order chi connectivity index (χ1) is 16.6. The highest BCUT2D eigenvalue weighted by atomic mass is 32.2. The quantitative estimate of drug-likeness (QED) is 0.382. The number of sulfonamides is 1. The second kappa shape index (κ2) is 9.55. The number of carbonyl (C=O) groups is 2. The Morgan fingerprint density at radius 1 is 1.26 bits per heavy atom. The molecule has 1 aliphatic heterocycles. The molecule has 0 amide bonds. The fourth-order valence-electron chi connectivity index (χ4n) is 3.72. The van der Waals surface area contributed by atoms with Crippen LogP contribution in [-0.4, -0.2) is 41.7 Å². The third-order valence-corrected chi connectivity index (χ3v) is 6.84. The van der Waals surface area contributed by atoms with Crippen LogP contribution in [0.5, 0.6) is 0 Å². The van der Waals surface area contributed by atoms with Crippen molar-refractivity contribution in [2.45, 2.75) is 32.7 Å². The van der Waals surface area contributed by atoms with E-state index in [2.05, 4.69) is 20.2 Å². The number of fused-ring (bicyclic) bond motifs is 1. The third kappa shape index (κ3) is 5.08. The van der Waals surface area contributed by atoms with Gasteiger partial charge in [-0.15, -0.1) is 5.48 Å². The largest absolute Gasteiger partial charge is 0.413 e. The number of nitrogens with one attached hydrogen (secondary N) is 3. The number of Topliss-reactive ketones (excluding diaryl/α,β-unsaturated/α-hetero) is 1. The molecular formula is C23H22F2N4O5S. The van der Waals surface area contributed by atoms with Gasteiger partial charge >= 0.3 is 0 Å². The van der Waals surface area contributed by atoms with Crippen LogP contribution >= 0.6 is 0 Å². The van der Waals surface area contributed by atoms with Gasteiger partial charge in [0.05, 0.1) is 17.0 Å². The second-order valence-electron chi connectivity index (χ2n) is 8.09. The van der Waals surface area contributed by atoms with Gasteiger partial charge in [-0.05, 0) is 43.2 Å². The Hall–Kier alpha value is -3.64. The van der Waals surface area contributed by atoms with Crippen LogP contribution in [0, 0.1) is 11.6 Å². The molecule has 3 N–H and O–H groups in total. The fraction of sp³-hybridized carbons (Fsp3) is 0.261. The van der Waals surface area contributed by atoms with Crippen LogP contribution in [0.4, 0.5) is 14.5 Å². The summed E-state index contributed by atoms with van der Waals surface area (Å²) in [4.78, 5) is 37.7. The van der Waals surface area contributed by atoms with E-state index in [9.17, 15) is 22.4 Å². The molecule has 3 aromatic rings. The summed E-state index contributed by atoms with van der Waals surface area (Å²) in [6.07, 6.45) is 4.62. The molecule has 1 aliphatic rings. The lowest BCUT2D eigenvalue weighted by Crippen LogP contribution is -2.31. The van der Waals surface area contributed by atoms with Crippen molar-refractivity contribution in [2.75, 3.05) is 10.5 Å². The zero-order chi connectivity index (χ0) is 25.3. The number of carbonyl (C=O) groups excluding carboxylic acids is 2. The highest BCUT2D eigenvalue weighted by molar-refractivity contribution is 7.92. The SMILES string of the molecule is CCCS(=O)(=O)Nc1ccc(F)c(C(=O)c2c[nH]c3ncc(CC(=O)C4C=C(C)ON4)cc23)c1F. The molecule has 0 radical (unpaired) electrons. The number of nitrogens with zero attached hydrogens (tertiary/aromatic N) is 1. The Bertz CT molecular complexity index is 1470. The first-order valence-corrected chi connectivity index (χ1v) is 12.4. The van der Waals surface area contributed by atoms with Crippen LogP contribution in [0.2, 0.25) is 0 Å². The molecule has 1 atom stereocenters. The Morgan fingerprint density at radius 2 is 2.03 bits per heavy atom. The molecule has 0 saturated carbocycles. The number of ketones is 2. The Kier molecular flexibility index (Phi) is 6.68. The van der Waals surface area contributed by atoms with E-state index >= 15 is 4.39 Å². The number of rotatable bonds is 9. The van der Waals surface area contributed by atoms with E-state index in [-0.39, 0.29) is 41.0 Å². The lowest BCUT2D eigenvalue weighted by molar-refractivity contribution is -0.120. The zero-order valence-corrected chi connectivity index (χ0v) is 19.6. The summed E-state index contributed by atoms with van der Waals surface area (Å²) in [7, 11) is -3.87. The van der Waals surface area contributed by atoms with Gasteiger partial charge in [0.15, 0.2) is 11.6 Å². The van der Waals surface area contributed by atoms with Crippen LogP contribution in [0.25, 0.3) is 11.0 Å². The molecule has 0 fully saturated rings. The maximum atomic E-state index is 15.1. The predicted octanol–water partition coefficient (Wildman–Crippen LogP) is 3.14. The molecule has 35 heavy (non-hydrogen) atoms. The lowest BCUT2D eigenvalue weighted by atomic mass is 9.99. The van der Waals surface area contributed by atoms with Crippen LogP contribution in [0.15, 0.2) is 42.4 Å². The Morgan fingerprint density at radius 3 is 2.71 bits per heavy atom. The summed E-state index contributed by atoms with van der Waals surface area (Å²) >= 11 is 0. The third-order valence-electron chi connectivity index (χ3n) is 5.36. The van der Waals surface area contributed by atoms with E-state index in [0.29, 0.717) is 11.3 Å². The number of H-pyrrole nitrogens is 1. The number of anilines is 1. The summed E-state index contributed by atoms with van der Waals surface area (Å²) in [5.74, 6) is -3.36. The number of hydrogen-bond donors (Lipinski definition) is 3. The van der Waals surface area contributed by atoms with Crippen LogP contribution in [0.3, 0.4) is 0 Å². The molecule has 0 bridgehead atoms. The number of aromatic amines is 1. The summed E-state index contributed by atoms with van der Waals surface area (Å²) in [6, 6.07) is 2.66. The molecule has 1 unspecified atom stereocenters. The summed E-state index contributed by atoms with van der Waals surface area (Å²) < 4.78 is 55.8. The molecule has 0 spiro atoms. The lowest BCUT2D eigenvalue weighted by Gasteiger charge is -2.11. The average molecular weight is 505 g/mol. The molecule has 3 heterocycles. The van der Waals surface area contributed by atoms with Gasteiger partial charge in [-0.3, -0.25) is 14.3 Å². The summed E-state index contributed by atoms with van der Waals surface area (Å²) in [6.45, 7) is 3.34. The maximum absolute atomic E-state index is 15.1. The summed E-state index contributed by atoms with van der Waals surface area (Å²) in [5, 5.41) is 0.262. The van der Waals surface area contributed by atoms with E-state index in [1.54, 1.807) is 26.0 Å². The van der Waals surface area contributed by atoms with E-state index < -0.39 is 44.7 Å². The van der Waals surface area contributed by atoms with Gasteiger partial charge < -0.3 is 9.82 Å². The number of aromatic nitrogens is 2. The van der Waals surface area contributed by atoms with Gasteiger partial charge in [0, 0.05) is 29.8 Å². The first kappa shape index (κ1) is 24.5. The predicted molar refractivity (Wildman–Crippen MR) is 124 cm³/mol. The molecule has 2 aromatic heterocycles. The van der Waals surface area contributed by atoms with Crippen molar-refractivity contribution in [3.8, 4) is 0 Å². The van der Waals surface area contributed by atoms with Crippen LogP contribution in [-0.2, 0) is 26.1 Å². The number of pyridine rings is 1. The monoisotopic (exact) mass is 504 g/mol. The molecule has 184 valence electrons. The van der Waals surface area contributed by atoms with Gasteiger partial charge in [-0.1, -0.05) is 6.92 Å². The van der Waals surface area contributed by atoms with Crippen LogP contribution in [0.1, 0.15) is 41.8 Å².